The second-order valence-corrected chi connectivity index (χ2v) is 10.0. The molecule has 6 rings (SSSR count). The predicted octanol–water partition coefficient (Wildman–Crippen LogP) is 7.59. The molecule has 0 spiro atoms. The van der Waals surface area contributed by atoms with E-state index in [9.17, 15) is 4.79 Å². The monoisotopic (exact) mass is 507 g/mol. The smallest absolute Gasteiger partial charge is 0.263 e. The van der Waals surface area contributed by atoms with Gasteiger partial charge in [0.2, 0.25) is 0 Å². The molecule has 0 saturated heterocycles. The normalized spacial score (nSPS) is 11.4. The minimum absolute atomic E-state index is 0.143. The molecule has 4 aromatic carbocycles. The number of pyridine rings is 1. The molecule has 2 aromatic heterocycles. The molecule has 6 aromatic rings. The molecule has 0 fully saturated rings. The summed E-state index contributed by atoms with van der Waals surface area (Å²) in [5.41, 5.74) is 5.66. The van der Waals surface area contributed by atoms with Crippen LogP contribution in [0.3, 0.4) is 0 Å². The molecule has 4 nitrogen and oxygen atoms in total. The summed E-state index contributed by atoms with van der Waals surface area (Å²) < 4.78 is 2.21. The molecule has 0 aliphatic carbocycles. The summed E-state index contributed by atoms with van der Waals surface area (Å²) in [5.74, 6) is 0. The number of rotatable bonds is 6. The van der Waals surface area contributed by atoms with Gasteiger partial charge in [-0.15, -0.1) is 0 Å². The molecule has 0 unspecified atom stereocenters. The second-order valence-electron chi connectivity index (χ2n) is 8.59. The van der Waals surface area contributed by atoms with Crippen LogP contribution in [0.5, 0.6) is 0 Å². The zero-order valence-electron chi connectivity index (χ0n) is 19.3. The van der Waals surface area contributed by atoms with Gasteiger partial charge in [-0.3, -0.25) is 4.79 Å². The molecule has 0 aliphatic heterocycles. The van der Waals surface area contributed by atoms with E-state index in [1.807, 2.05) is 66.7 Å². The van der Waals surface area contributed by atoms with Crippen molar-refractivity contribution in [3.8, 4) is 11.1 Å². The van der Waals surface area contributed by atoms with Crippen molar-refractivity contribution in [2.24, 2.45) is 0 Å². The summed E-state index contributed by atoms with van der Waals surface area (Å²) >= 11 is 7.80. The van der Waals surface area contributed by atoms with Crippen molar-refractivity contribution in [1.82, 2.24) is 14.5 Å². The standard InChI is InChI=1S/C30H22ClN3OS/c31-22-15-16-24-23(19-22)27(21-11-5-2-6-12-21)28(29(35)32-24)36-30-33-25-13-7-8-14-26(25)34(30)18-17-20-9-3-1-4-10-20/h1-16,19H,17-18H2,(H,32,35). The number of H-pyrrole nitrogens is 1. The topological polar surface area (TPSA) is 50.7 Å². The Hall–Kier alpha value is -3.80. The number of hydrogen-bond acceptors (Lipinski definition) is 3. The van der Waals surface area contributed by atoms with Gasteiger partial charge in [-0.05, 0) is 59.6 Å². The molecule has 0 bridgehead atoms. The van der Waals surface area contributed by atoms with Crippen molar-refractivity contribution in [3.63, 3.8) is 0 Å². The lowest BCUT2D eigenvalue weighted by atomic mass is 10.0. The number of nitrogens with zero attached hydrogens (tertiary/aromatic N) is 2. The van der Waals surface area contributed by atoms with Gasteiger partial charge in [0, 0.05) is 28.0 Å². The molecule has 6 heteroatoms. The van der Waals surface area contributed by atoms with Crippen LogP contribution in [0.25, 0.3) is 33.1 Å². The van der Waals surface area contributed by atoms with Gasteiger partial charge in [0.15, 0.2) is 5.16 Å². The van der Waals surface area contributed by atoms with E-state index in [-0.39, 0.29) is 5.56 Å². The van der Waals surface area contributed by atoms with Gasteiger partial charge in [0.1, 0.15) is 0 Å². The number of hydrogen-bond donors (Lipinski definition) is 1. The van der Waals surface area contributed by atoms with E-state index in [1.54, 1.807) is 6.07 Å². The third kappa shape index (κ3) is 4.32. The van der Waals surface area contributed by atoms with E-state index in [2.05, 4.69) is 39.9 Å². The fourth-order valence-corrected chi connectivity index (χ4v) is 5.83. The number of aromatic nitrogens is 3. The summed E-state index contributed by atoms with van der Waals surface area (Å²) in [4.78, 5) is 22.1. The largest absolute Gasteiger partial charge is 0.321 e. The average Bonchev–Trinajstić information content (AvgIpc) is 3.26. The lowest BCUT2D eigenvalue weighted by Crippen LogP contribution is -2.12. The Morgan fingerprint density at radius 1 is 0.861 bits per heavy atom. The Balaban J connectivity index is 1.52. The van der Waals surface area contributed by atoms with Crippen LogP contribution in [0.15, 0.2) is 118 Å². The Kier molecular flexibility index (Phi) is 6.09. The van der Waals surface area contributed by atoms with Gasteiger partial charge >= 0.3 is 0 Å². The number of benzene rings is 4. The summed E-state index contributed by atoms with van der Waals surface area (Å²) in [6.07, 6.45) is 0.865. The highest BCUT2D eigenvalue weighted by atomic mass is 35.5. The molecule has 0 aliphatic rings. The maximum atomic E-state index is 13.5. The fraction of sp³-hybridized carbons (Fsp3) is 0.0667. The van der Waals surface area contributed by atoms with Crippen LogP contribution >= 0.6 is 23.4 Å². The molecule has 2 heterocycles. The maximum Gasteiger partial charge on any atom is 0.263 e. The number of aromatic amines is 1. The van der Waals surface area contributed by atoms with Crippen LogP contribution in [0.2, 0.25) is 5.02 Å². The first-order valence-electron chi connectivity index (χ1n) is 11.8. The highest BCUT2D eigenvalue weighted by Gasteiger charge is 2.20. The molecule has 0 amide bonds. The number of imidazole rings is 1. The first-order valence-corrected chi connectivity index (χ1v) is 12.9. The van der Waals surface area contributed by atoms with E-state index in [1.165, 1.54) is 17.3 Å². The first kappa shape index (κ1) is 22.7. The van der Waals surface area contributed by atoms with Crippen LogP contribution in [-0.4, -0.2) is 14.5 Å². The molecular weight excluding hydrogens is 486 g/mol. The van der Waals surface area contributed by atoms with Crippen molar-refractivity contribution in [1.29, 1.82) is 0 Å². The SMILES string of the molecule is O=c1[nH]c2ccc(Cl)cc2c(-c2ccccc2)c1Sc1nc2ccccc2n1CCc1ccccc1. The Labute approximate surface area is 217 Å². The Morgan fingerprint density at radius 2 is 1.58 bits per heavy atom. The summed E-state index contributed by atoms with van der Waals surface area (Å²) in [6.45, 7) is 0.755. The Morgan fingerprint density at radius 3 is 2.39 bits per heavy atom. The lowest BCUT2D eigenvalue weighted by molar-refractivity contribution is 0.652. The number of fused-ring (bicyclic) bond motifs is 2. The highest BCUT2D eigenvalue weighted by molar-refractivity contribution is 7.99. The number of aryl methyl sites for hydroxylation is 2. The third-order valence-electron chi connectivity index (χ3n) is 6.27. The van der Waals surface area contributed by atoms with Gasteiger partial charge in [-0.25, -0.2) is 4.98 Å². The molecule has 1 N–H and O–H groups in total. The molecule has 36 heavy (non-hydrogen) atoms. The average molecular weight is 508 g/mol. The van der Waals surface area contributed by atoms with E-state index in [4.69, 9.17) is 16.6 Å². The van der Waals surface area contributed by atoms with Crippen LogP contribution in [-0.2, 0) is 13.0 Å². The zero-order valence-corrected chi connectivity index (χ0v) is 20.9. The lowest BCUT2D eigenvalue weighted by Gasteiger charge is -2.14. The Bertz CT molecular complexity index is 1740. The van der Waals surface area contributed by atoms with Gasteiger partial charge in [0.25, 0.3) is 5.56 Å². The highest BCUT2D eigenvalue weighted by Crippen LogP contribution is 2.39. The van der Waals surface area contributed by atoms with Crippen LogP contribution in [0.4, 0.5) is 0 Å². The van der Waals surface area contributed by atoms with Crippen molar-refractivity contribution in [2.75, 3.05) is 0 Å². The van der Waals surface area contributed by atoms with Gasteiger partial charge in [0.05, 0.1) is 15.9 Å². The van der Waals surface area contributed by atoms with Crippen molar-refractivity contribution < 1.29 is 0 Å². The number of halogens is 1. The van der Waals surface area contributed by atoms with E-state index in [0.29, 0.717) is 9.92 Å². The number of para-hydroxylation sites is 2. The maximum absolute atomic E-state index is 13.5. The van der Waals surface area contributed by atoms with Gasteiger partial charge < -0.3 is 9.55 Å². The second kappa shape index (κ2) is 9.69. The van der Waals surface area contributed by atoms with E-state index < -0.39 is 0 Å². The quantitative estimate of drug-likeness (QED) is 0.252. The summed E-state index contributed by atoms with van der Waals surface area (Å²) in [7, 11) is 0. The minimum Gasteiger partial charge on any atom is -0.321 e. The van der Waals surface area contributed by atoms with Gasteiger partial charge in [-0.2, -0.15) is 0 Å². The summed E-state index contributed by atoms with van der Waals surface area (Å²) in [5, 5.41) is 2.32. The van der Waals surface area contributed by atoms with E-state index >= 15 is 0 Å². The third-order valence-corrected chi connectivity index (χ3v) is 7.60. The molecule has 0 saturated carbocycles. The fourth-order valence-electron chi connectivity index (χ4n) is 4.56. The summed E-state index contributed by atoms with van der Waals surface area (Å²) in [6, 6.07) is 34.1. The number of nitrogens with one attached hydrogen (secondary N) is 1. The molecule has 176 valence electrons. The molecule has 0 atom stereocenters. The van der Waals surface area contributed by atoms with Gasteiger partial charge in [-0.1, -0.05) is 84.4 Å². The van der Waals surface area contributed by atoms with Crippen LogP contribution < -0.4 is 5.56 Å². The zero-order chi connectivity index (χ0) is 24.5. The van der Waals surface area contributed by atoms with Crippen molar-refractivity contribution >= 4 is 45.3 Å². The van der Waals surface area contributed by atoms with E-state index in [0.717, 1.165) is 51.2 Å². The van der Waals surface area contributed by atoms with Crippen molar-refractivity contribution in [2.45, 2.75) is 23.0 Å². The minimum atomic E-state index is -0.143. The van der Waals surface area contributed by atoms with Crippen LogP contribution in [0, 0.1) is 0 Å². The predicted molar refractivity (Wildman–Crippen MR) is 149 cm³/mol. The van der Waals surface area contributed by atoms with Crippen molar-refractivity contribution in [3.05, 3.63) is 124 Å². The van der Waals surface area contributed by atoms with Crippen LogP contribution in [0.1, 0.15) is 5.56 Å². The molecule has 0 radical (unpaired) electrons. The first-order chi connectivity index (χ1) is 17.7. The molecular formula is C30H22ClN3OS.